The molecule has 1 N–H and O–H groups in total. The summed E-state index contributed by atoms with van der Waals surface area (Å²) in [5.74, 6) is 1.41. The average molecular weight is 360 g/mol. The average Bonchev–Trinajstić information content (AvgIpc) is 3.20. The van der Waals surface area contributed by atoms with Crippen molar-refractivity contribution in [2.45, 2.75) is 58.4 Å². The van der Waals surface area contributed by atoms with Crippen LogP contribution in [-0.2, 0) is 11.3 Å². The topological polar surface area (TPSA) is 49.8 Å². The number of nitrogens with zero attached hydrogens (tertiary/aromatic N) is 1. The molecule has 0 aromatic heterocycles. The predicted molar refractivity (Wildman–Crippen MR) is 103 cm³/mol. The number of aliphatic hydroxyl groups excluding tert-OH is 1. The van der Waals surface area contributed by atoms with Gasteiger partial charge in [0.15, 0.2) is 5.78 Å². The molecule has 1 aliphatic heterocycles. The van der Waals surface area contributed by atoms with E-state index in [1.165, 1.54) is 24.8 Å². The van der Waals surface area contributed by atoms with Crippen molar-refractivity contribution in [2.24, 2.45) is 11.3 Å². The van der Waals surface area contributed by atoms with Crippen molar-refractivity contribution in [3.63, 3.8) is 0 Å². The largest absolute Gasteiger partial charge is 0.494 e. The molecule has 2 unspecified atom stereocenters. The number of likely N-dealkylation sites (tertiary alicyclic amines) is 1. The molecule has 1 aromatic carbocycles. The van der Waals surface area contributed by atoms with Crippen molar-refractivity contribution in [1.29, 1.82) is 0 Å². The summed E-state index contributed by atoms with van der Waals surface area (Å²) in [6, 6.07) is 8.38. The number of hydrogen-bond acceptors (Lipinski definition) is 4. The van der Waals surface area contributed by atoms with Gasteiger partial charge in [-0.3, -0.25) is 9.69 Å². The predicted octanol–water partition coefficient (Wildman–Crippen LogP) is 3.81. The lowest BCUT2D eigenvalue weighted by Gasteiger charge is -2.26. The first-order valence-corrected chi connectivity index (χ1v) is 10.3. The van der Waals surface area contributed by atoms with Gasteiger partial charge in [-0.1, -0.05) is 44.7 Å². The summed E-state index contributed by atoms with van der Waals surface area (Å²) in [6.45, 7) is 5.34. The Morgan fingerprint density at radius 3 is 2.81 bits per heavy atom. The van der Waals surface area contributed by atoms with Gasteiger partial charge in [-0.15, -0.1) is 0 Å². The second-order valence-corrected chi connectivity index (χ2v) is 8.05. The molecule has 26 heavy (non-hydrogen) atoms. The molecule has 1 saturated heterocycles. The van der Waals surface area contributed by atoms with Crippen molar-refractivity contribution in [3.8, 4) is 5.75 Å². The van der Waals surface area contributed by atoms with E-state index in [0.717, 1.165) is 57.7 Å². The molecule has 1 heterocycles. The van der Waals surface area contributed by atoms with Gasteiger partial charge in [-0.2, -0.15) is 0 Å². The molecule has 4 heteroatoms. The molecule has 0 radical (unpaired) electrons. The van der Waals surface area contributed by atoms with E-state index in [-0.39, 0.29) is 17.8 Å². The minimum Gasteiger partial charge on any atom is -0.494 e. The molecule has 1 saturated carbocycles. The summed E-state index contributed by atoms with van der Waals surface area (Å²) in [5, 5.41) is 9.38. The number of hydrogen-bond donors (Lipinski definition) is 1. The second-order valence-electron chi connectivity index (χ2n) is 8.05. The molecule has 3 rings (SSSR count). The Bertz CT molecular complexity index is 586. The quantitative estimate of drug-likeness (QED) is 0.646. The number of ketones is 1. The van der Waals surface area contributed by atoms with Crippen LogP contribution in [0.2, 0.25) is 0 Å². The van der Waals surface area contributed by atoms with Gasteiger partial charge in [-0.25, -0.2) is 0 Å². The van der Waals surface area contributed by atoms with E-state index in [9.17, 15) is 9.90 Å². The van der Waals surface area contributed by atoms with Gasteiger partial charge < -0.3 is 9.84 Å². The number of fused-ring (bicyclic) bond motifs is 1. The Labute approximate surface area is 157 Å². The molecule has 2 fully saturated rings. The van der Waals surface area contributed by atoms with E-state index in [1.54, 1.807) is 0 Å². The van der Waals surface area contributed by atoms with Gasteiger partial charge in [0.2, 0.25) is 0 Å². The summed E-state index contributed by atoms with van der Waals surface area (Å²) < 4.78 is 5.81. The highest BCUT2D eigenvalue weighted by atomic mass is 16.5. The first-order valence-electron chi connectivity index (χ1n) is 10.3. The van der Waals surface area contributed by atoms with E-state index in [2.05, 4.69) is 36.1 Å². The van der Waals surface area contributed by atoms with Crippen LogP contribution in [0, 0.1) is 11.3 Å². The van der Waals surface area contributed by atoms with Crippen molar-refractivity contribution < 1.29 is 14.6 Å². The van der Waals surface area contributed by atoms with Gasteiger partial charge >= 0.3 is 0 Å². The molecule has 0 amide bonds. The number of ether oxygens (including phenoxy) is 1. The van der Waals surface area contributed by atoms with Crippen molar-refractivity contribution >= 4 is 5.78 Å². The maximum atomic E-state index is 12.3. The lowest BCUT2D eigenvalue weighted by molar-refractivity contribution is -0.132. The molecule has 2 atom stereocenters. The summed E-state index contributed by atoms with van der Waals surface area (Å²) in [4.78, 5) is 14.7. The molecule has 1 aromatic rings. The number of unbranched alkanes of at least 4 members (excludes halogenated alkanes) is 3. The molecule has 0 spiro atoms. The fraction of sp³-hybridized carbons (Fsp3) is 0.682. The van der Waals surface area contributed by atoms with Crippen LogP contribution in [0.1, 0.15) is 57.4 Å². The third kappa shape index (κ3) is 4.29. The van der Waals surface area contributed by atoms with Crippen LogP contribution in [0.5, 0.6) is 5.75 Å². The van der Waals surface area contributed by atoms with Gasteiger partial charge in [0.05, 0.1) is 6.61 Å². The third-order valence-electron chi connectivity index (χ3n) is 6.24. The van der Waals surface area contributed by atoms with Crippen LogP contribution in [-0.4, -0.2) is 42.1 Å². The Hall–Kier alpha value is -1.39. The number of rotatable bonds is 10. The number of carbonyl (C=O) groups excluding carboxylic acids is 1. The normalized spacial score (nSPS) is 25.4. The van der Waals surface area contributed by atoms with Crippen LogP contribution < -0.4 is 4.74 Å². The smallest absolute Gasteiger partial charge is 0.165 e. The number of carbonyl (C=O) groups is 1. The lowest BCUT2D eigenvalue weighted by atomic mass is 9.77. The molecular formula is C22H33NO3. The SMILES string of the molecule is CCCCCCOc1ccc(CN2CC3CCCC3(C(=O)CO)C2)cc1. The zero-order chi connectivity index (χ0) is 18.4. The molecule has 0 bridgehead atoms. The fourth-order valence-electron chi connectivity index (χ4n) is 4.80. The third-order valence-corrected chi connectivity index (χ3v) is 6.24. The lowest BCUT2D eigenvalue weighted by Crippen LogP contribution is -2.37. The standard InChI is InChI=1S/C22H33NO3/c1-2-3-4-5-13-26-20-10-8-18(9-11-20)14-23-15-19-7-6-12-22(19,17-23)21(25)16-24/h8-11,19,24H,2-7,12-17H2,1H3. The molecule has 2 aliphatic rings. The first kappa shape index (κ1) is 19.4. The second kappa shape index (κ2) is 9.01. The van der Waals surface area contributed by atoms with E-state index >= 15 is 0 Å². The van der Waals surface area contributed by atoms with E-state index in [1.807, 2.05) is 0 Å². The van der Waals surface area contributed by atoms with Gasteiger partial charge in [0, 0.05) is 25.0 Å². The zero-order valence-corrected chi connectivity index (χ0v) is 16.1. The van der Waals surface area contributed by atoms with Crippen molar-refractivity contribution in [1.82, 2.24) is 4.90 Å². The minimum atomic E-state index is -0.311. The summed E-state index contributed by atoms with van der Waals surface area (Å²) in [5.41, 5.74) is 0.978. The van der Waals surface area contributed by atoms with Crippen molar-refractivity contribution in [3.05, 3.63) is 29.8 Å². The Morgan fingerprint density at radius 2 is 2.08 bits per heavy atom. The molecule has 1 aliphatic carbocycles. The maximum absolute atomic E-state index is 12.3. The maximum Gasteiger partial charge on any atom is 0.165 e. The first-order chi connectivity index (χ1) is 12.7. The van der Waals surface area contributed by atoms with E-state index < -0.39 is 0 Å². The van der Waals surface area contributed by atoms with Crippen LogP contribution in [0.4, 0.5) is 0 Å². The summed E-state index contributed by atoms with van der Waals surface area (Å²) in [7, 11) is 0. The molecule has 144 valence electrons. The Balaban J connectivity index is 1.50. The fourth-order valence-corrected chi connectivity index (χ4v) is 4.80. The Morgan fingerprint density at radius 1 is 1.27 bits per heavy atom. The number of benzene rings is 1. The monoisotopic (exact) mass is 359 g/mol. The van der Waals surface area contributed by atoms with Crippen LogP contribution in [0.15, 0.2) is 24.3 Å². The molecule has 4 nitrogen and oxygen atoms in total. The van der Waals surface area contributed by atoms with Crippen LogP contribution in [0.3, 0.4) is 0 Å². The zero-order valence-electron chi connectivity index (χ0n) is 16.1. The summed E-state index contributed by atoms with van der Waals surface area (Å²) in [6.07, 6.45) is 8.06. The highest BCUT2D eigenvalue weighted by molar-refractivity contribution is 5.87. The minimum absolute atomic E-state index is 0.0503. The highest BCUT2D eigenvalue weighted by Crippen LogP contribution is 2.49. The van der Waals surface area contributed by atoms with Gasteiger partial charge in [0.25, 0.3) is 0 Å². The number of aliphatic hydroxyl groups is 1. The van der Waals surface area contributed by atoms with E-state index in [0.29, 0.717) is 5.92 Å². The number of Topliss-reactive ketones (excluding diaryl/α,β-unsaturated/α-hetero) is 1. The van der Waals surface area contributed by atoms with Crippen LogP contribution >= 0.6 is 0 Å². The summed E-state index contributed by atoms with van der Waals surface area (Å²) >= 11 is 0. The van der Waals surface area contributed by atoms with Gasteiger partial charge in [0.1, 0.15) is 12.4 Å². The van der Waals surface area contributed by atoms with Crippen molar-refractivity contribution in [2.75, 3.05) is 26.3 Å². The van der Waals surface area contributed by atoms with E-state index in [4.69, 9.17) is 4.74 Å². The highest BCUT2D eigenvalue weighted by Gasteiger charge is 2.53. The van der Waals surface area contributed by atoms with Crippen LogP contribution in [0.25, 0.3) is 0 Å². The van der Waals surface area contributed by atoms with Gasteiger partial charge in [-0.05, 0) is 42.9 Å². The Kier molecular flexibility index (Phi) is 6.71. The molecular weight excluding hydrogens is 326 g/mol.